The van der Waals surface area contributed by atoms with Gasteiger partial charge in [-0.15, -0.1) is 0 Å². The lowest BCUT2D eigenvalue weighted by Crippen LogP contribution is -2.29. The largest absolute Gasteiger partial charge is 0.416 e. The standard InChI is InChI=1S/C15H9ClF4N2O2/c16-11-7-10(5-6-12(11)17)22-14(24)13(23)21-9-3-1-8(2-4-9)15(18,19)20/h1-7H,(H,21,23)(H,22,24). The molecule has 0 aliphatic heterocycles. The number of carbonyl (C=O) groups excluding carboxylic acids is 2. The van der Waals surface area contributed by atoms with Crippen LogP contribution in [-0.2, 0) is 15.8 Å². The lowest BCUT2D eigenvalue weighted by Gasteiger charge is -2.09. The molecule has 0 bridgehead atoms. The first kappa shape index (κ1) is 17.7. The molecule has 0 aromatic heterocycles. The molecule has 2 amide bonds. The van der Waals surface area contributed by atoms with Gasteiger partial charge in [0, 0.05) is 11.4 Å². The molecule has 0 unspecified atom stereocenters. The summed E-state index contributed by atoms with van der Waals surface area (Å²) in [7, 11) is 0. The average molecular weight is 361 g/mol. The van der Waals surface area contributed by atoms with Crippen LogP contribution in [0.1, 0.15) is 5.56 Å². The van der Waals surface area contributed by atoms with E-state index in [4.69, 9.17) is 11.6 Å². The fraction of sp³-hybridized carbons (Fsp3) is 0.0667. The van der Waals surface area contributed by atoms with Crippen LogP contribution in [0.4, 0.5) is 28.9 Å². The number of rotatable bonds is 2. The first-order valence-corrected chi connectivity index (χ1v) is 6.79. The second-order valence-corrected chi connectivity index (χ2v) is 5.02. The van der Waals surface area contributed by atoms with Crippen LogP contribution in [0.15, 0.2) is 42.5 Å². The highest BCUT2D eigenvalue weighted by Gasteiger charge is 2.30. The normalized spacial score (nSPS) is 11.0. The maximum atomic E-state index is 13.0. The molecule has 2 rings (SSSR count). The molecule has 4 nitrogen and oxygen atoms in total. The van der Waals surface area contributed by atoms with E-state index in [1.54, 1.807) is 0 Å². The molecule has 9 heteroatoms. The SMILES string of the molecule is O=C(Nc1ccc(C(F)(F)F)cc1)C(=O)Nc1ccc(F)c(Cl)c1. The van der Waals surface area contributed by atoms with Crippen LogP contribution in [0.3, 0.4) is 0 Å². The summed E-state index contributed by atoms with van der Waals surface area (Å²) in [6, 6.07) is 6.89. The molecule has 2 N–H and O–H groups in total. The summed E-state index contributed by atoms with van der Waals surface area (Å²) in [5, 5.41) is 4.08. The molecule has 0 aliphatic rings. The molecule has 0 saturated heterocycles. The van der Waals surface area contributed by atoms with Gasteiger partial charge in [0.15, 0.2) is 0 Å². The molecule has 0 fully saturated rings. The highest BCUT2D eigenvalue weighted by Crippen LogP contribution is 2.29. The van der Waals surface area contributed by atoms with Gasteiger partial charge in [-0.3, -0.25) is 9.59 Å². The summed E-state index contributed by atoms with van der Waals surface area (Å²) in [6.45, 7) is 0. The van der Waals surface area contributed by atoms with Crippen molar-refractivity contribution < 1.29 is 27.2 Å². The summed E-state index contributed by atoms with van der Waals surface area (Å²) < 4.78 is 50.3. The number of hydrogen-bond donors (Lipinski definition) is 2. The number of anilines is 2. The van der Waals surface area contributed by atoms with E-state index in [1.807, 2.05) is 0 Å². The number of benzene rings is 2. The number of nitrogens with one attached hydrogen (secondary N) is 2. The molecular formula is C15H9ClF4N2O2. The predicted molar refractivity (Wildman–Crippen MR) is 80.1 cm³/mol. The van der Waals surface area contributed by atoms with E-state index in [0.29, 0.717) is 0 Å². The smallest absolute Gasteiger partial charge is 0.318 e. The zero-order chi connectivity index (χ0) is 17.9. The fourth-order valence-corrected chi connectivity index (χ4v) is 1.87. The summed E-state index contributed by atoms with van der Waals surface area (Å²) in [4.78, 5) is 23.4. The Hall–Kier alpha value is -2.61. The molecule has 0 aliphatic carbocycles. The Balaban J connectivity index is 2.01. The quantitative estimate of drug-likeness (QED) is 0.626. The molecule has 2 aromatic carbocycles. The number of carbonyl (C=O) groups is 2. The van der Waals surface area contributed by atoms with Crippen LogP contribution >= 0.6 is 11.6 Å². The third-order valence-corrected chi connectivity index (χ3v) is 3.14. The molecule has 0 atom stereocenters. The van der Waals surface area contributed by atoms with Gasteiger partial charge in [-0.1, -0.05) is 11.6 Å². The number of halogens is 5. The Morgan fingerprint density at radius 3 is 1.88 bits per heavy atom. The summed E-state index contributed by atoms with van der Waals surface area (Å²) >= 11 is 5.54. The number of hydrogen-bond acceptors (Lipinski definition) is 2. The fourth-order valence-electron chi connectivity index (χ4n) is 1.69. The van der Waals surface area contributed by atoms with Crippen molar-refractivity contribution in [2.24, 2.45) is 0 Å². The Bertz CT molecular complexity index is 776. The maximum Gasteiger partial charge on any atom is 0.416 e. The van der Waals surface area contributed by atoms with E-state index in [-0.39, 0.29) is 16.4 Å². The van der Waals surface area contributed by atoms with E-state index in [1.165, 1.54) is 6.07 Å². The zero-order valence-electron chi connectivity index (χ0n) is 11.7. The van der Waals surface area contributed by atoms with Gasteiger partial charge in [0.1, 0.15) is 5.82 Å². The minimum absolute atomic E-state index is 0.0142. The van der Waals surface area contributed by atoms with Crippen molar-refractivity contribution in [1.29, 1.82) is 0 Å². The highest BCUT2D eigenvalue weighted by atomic mass is 35.5. The topological polar surface area (TPSA) is 58.2 Å². The summed E-state index contributed by atoms with van der Waals surface area (Å²) in [5.41, 5.74) is -0.778. The van der Waals surface area contributed by atoms with E-state index >= 15 is 0 Å². The van der Waals surface area contributed by atoms with Gasteiger partial charge in [0.05, 0.1) is 10.6 Å². The Labute approximate surface area is 138 Å². The highest BCUT2D eigenvalue weighted by molar-refractivity contribution is 6.43. The molecular weight excluding hydrogens is 352 g/mol. The van der Waals surface area contributed by atoms with Crippen molar-refractivity contribution in [2.75, 3.05) is 10.6 Å². The third-order valence-electron chi connectivity index (χ3n) is 2.85. The minimum Gasteiger partial charge on any atom is -0.318 e. The van der Waals surface area contributed by atoms with Gasteiger partial charge in [0.25, 0.3) is 0 Å². The molecule has 0 saturated carbocycles. The van der Waals surface area contributed by atoms with Crippen molar-refractivity contribution in [2.45, 2.75) is 6.18 Å². The van der Waals surface area contributed by atoms with Gasteiger partial charge in [0.2, 0.25) is 0 Å². The maximum absolute atomic E-state index is 13.0. The Morgan fingerprint density at radius 1 is 0.875 bits per heavy atom. The molecule has 0 spiro atoms. The van der Waals surface area contributed by atoms with Crippen LogP contribution in [-0.4, -0.2) is 11.8 Å². The molecule has 126 valence electrons. The van der Waals surface area contributed by atoms with E-state index in [2.05, 4.69) is 10.6 Å². The number of amides is 2. The first-order chi connectivity index (χ1) is 11.2. The molecule has 24 heavy (non-hydrogen) atoms. The van der Waals surface area contributed by atoms with Crippen molar-refractivity contribution in [3.05, 3.63) is 58.9 Å². The van der Waals surface area contributed by atoms with Crippen molar-refractivity contribution >= 4 is 34.8 Å². The van der Waals surface area contributed by atoms with Crippen LogP contribution in [0.2, 0.25) is 5.02 Å². The van der Waals surface area contributed by atoms with Crippen LogP contribution in [0.5, 0.6) is 0 Å². The lowest BCUT2D eigenvalue weighted by atomic mass is 10.2. The van der Waals surface area contributed by atoms with Crippen LogP contribution < -0.4 is 10.6 Å². The van der Waals surface area contributed by atoms with Gasteiger partial charge in [-0.2, -0.15) is 13.2 Å². The molecule has 0 heterocycles. The molecule has 2 aromatic rings. The van der Waals surface area contributed by atoms with E-state index in [0.717, 1.165) is 36.4 Å². The van der Waals surface area contributed by atoms with Gasteiger partial charge >= 0.3 is 18.0 Å². The lowest BCUT2D eigenvalue weighted by molar-refractivity contribution is -0.137. The first-order valence-electron chi connectivity index (χ1n) is 6.41. The van der Waals surface area contributed by atoms with Crippen molar-refractivity contribution in [1.82, 2.24) is 0 Å². The summed E-state index contributed by atoms with van der Waals surface area (Å²) in [6.07, 6.45) is -4.50. The second kappa shape index (κ2) is 6.88. The Morgan fingerprint density at radius 2 is 1.38 bits per heavy atom. The van der Waals surface area contributed by atoms with E-state index in [9.17, 15) is 27.2 Å². The van der Waals surface area contributed by atoms with Crippen molar-refractivity contribution in [3.8, 4) is 0 Å². The van der Waals surface area contributed by atoms with E-state index < -0.39 is 29.4 Å². The Kier molecular flexibility index (Phi) is 5.08. The average Bonchev–Trinajstić information content (AvgIpc) is 2.50. The predicted octanol–water partition coefficient (Wildman–Crippen LogP) is 4.08. The monoisotopic (exact) mass is 360 g/mol. The summed E-state index contributed by atoms with van der Waals surface area (Å²) in [5.74, 6) is -2.88. The molecule has 0 radical (unpaired) electrons. The van der Waals surface area contributed by atoms with Gasteiger partial charge in [-0.05, 0) is 42.5 Å². The zero-order valence-corrected chi connectivity index (χ0v) is 12.5. The van der Waals surface area contributed by atoms with Crippen LogP contribution in [0.25, 0.3) is 0 Å². The minimum atomic E-state index is -4.50. The van der Waals surface area contributed by atoms with Gasteiger partial charge in [-0.25, -0.2) is 4.39 Å². The van der Waals surface area contributed by atoms with Crippen molar-refractivity contribution in [3.63, 3.8) is 0 Å². The van der Waals surface area contributed by atoms with Gasteiger partial charge < -0.3 is 10.6 Å². The second-order valence-electron chi connectivity index (χ2n) is 4.61. The third kappa shape index (κ3) is 4.45. The number of alkyl halides is 3. The van der Waals surface area contributed by atoms with Crippen LogP contribution in [0, 0.1) is 5.82 Å².